The molecule has 0 aromatic heterocycles. The number of rotatable bonds is 4. The van der Waals surface area contributed by atoms with Crippen LogP contribution in [0.4, 0.5) is 11.4 Å². The Bertz CT molecular complexity index is 787. The van der Waals surface area contributed by atoms with Gasteiger partial charge in [0.05, 0.1) is 16.3 Å². The van der Waals surface area contributed by atoms with Gasteiger partial charge in [-0.25, -0.2) is 16.9 Å². The number of hydrogen-bond acceptors (Lipinski definition) is 3. The average molecular weight is 325 g/mol. The molecule has 0 bridgehead atoms. The second-order valence-electron chi connectivity index (χ2n) is 4.55. The van der Waals surface area contributed by atoms with Crippen LogP contribution in [0.1, 0.15) is 5.56 Å². The Balaban J connectivity index is 2.72. The highest BCUT2D eigenvalue weighted by molar-refractivity contribution is 7.91. The topological polar surface area (TPSA) is 74.7 Å². The van der Waals surface area contributed by atoms with Crippen LogP contribution in [0.3, 0.4) is 0 Å². The molecule has 2 aromatic carbocycles. The minimum atomic E-state index is -3.52. The van der Waals surface area contributed by atoms with E-state index in [1.165, 1.54) is 12.1 Å². The first kappa shape index (κ1) is 15.7. The molecule has 7 heteroatoms. The predicted octanol–water partition coefficient (Wildman–Crippen LogP) is 2.67. The van der Waals surface area contributed by atoms with Crippen molar-refractivity contribution >= 4 is 32.5 Å². The minimum Gasteiger partial charge on any atom is -0.289 e. The highest BCUT2D eigenvalue weighted by atomic mass is 32.2. The van der Waals surface area contributed by atoms with Crippen LogP contribution in [0.25, 0.3) is 0 Å². The smallest absolute Gasteiger partial charge is 0.266 e. The van der Waals surface area contributed by atoms with Crippen LogP contribution in [0.15, 0.2) is 53.4 Å². The molecule has 0 heterocycles. The molecule has 0 aliphatic heterocycles. The largest absolute Gasteiger partial charge is 0.289 e. The van der Waals surface area contributed by atoms with Crippen molar-refractivity contribution in [2.24, 2.45) is 0 Å². The van der Waals surface area contributed by atoms with Gasteiger partial charge in [-0.05, 0) is 30.7 Å². The van der Waals surface area contributed by atoms with E-state index in [0.29, 0.717) is 5.69 Å². The second kappa shape index (κ2) is 5.97. The third kappa shape index (κ3) is 3.31. The van der Waals surface area contributed by atoms with Gasteiger partial charge in [-0.3, -0.25) is 4.55 Å². The quantitative estimate of drug-likeness (QED) is 0.877. The Labute approximate surface area is 126 Å². The van der Waals surface area contributed by atoms with Crippen molar-refractivity contribution in [1.82, 2.24) is 0 Å². The molecule has 0 fully saturated rings. The summed E-state index contributed by atoms with van der Waals surface area (Å²) in [6, 6.07) is 13.1. The lowest BCUT2D eigenvalue weighted by Gasteiger charge is -2.23. The summed E-state index contributed by atoms with van der Waals surface area (Å²) in [5, 5.41) is 0. The molecule has 0 saturated carbocycles. The Hall–Kier alpha value is -1.70. The highest BCUT2D eigenvalue weighted by Crippen LogP contribution is 2.34. The molecule has 112 valence electrons. The lowest BCUT2D eigenvalue weighted by Crippen LogP contribution is -2.22. The third-order valence-electron chi connectivity index (χ3n) is 2.97. The summed E-state index contributed by atoms with van der Waals surface area (Å²) in [6.45, 7) is 1.79. The van der Waals surface area contributed by atoms with Gasteiger partial charge in [-0.1, -0.05) is 30.3 Å². The van der Waals surface area contributed by atoms with Gasteiger partial charge >= 0.3 is 0 Å². The van der Waals surface area contributed by atoms with Gasteiger partial charge in [-0.15, -0.1) is 0 Å². The molecule has 0 spiro atoms. The normalized spacial score (nSPS) is 12.9. The van der Waals surface area contributed by atoms with E-state index in [2.05, 4.69) is 0 Å². The highest BCUT2D eigenvalue weighted by Gasteiger charge is 2.23. The number of para-hydroxylation sites is 2. The molecule has 0 aliphatic rings. The van der Waals surface area contributed by atoms with Crippen molar-refractivity contribution in [2.75, 3.05) is 10.6 Å². The van der Waals surface area contributed by atoms with Crippen LogP contribution in [-0.2, 0) is 21.1 Å². The van der Waals surface area contributed by atoms with Crippen LogP contribution >= 0.6 is 0 Å². The number of sulfone groups is 1. The third-order valence-corrected chi connectivity index (χ3v) is 4.82. The molecule has 1 unspecified atom stereocenters. The van der Waals surface area contributed by atoms with E-state index < -0.39 is 21.1 Å². The number of benzene rings is 2. The fraction of sp³-hybridized carbons (Fsp3) is 0.143. The summed E-state index contributed by atoms with van der Waals surface area (Å²) >= 11 is -2.39. The van der Waals surface area contributed by atoms with Crippen LogP contribution in [0.5, 0.6) is 0 Å². The summed E-state index contributed by atoms with van der Waals surface area (Å²) in [7, 11) is -3.52. The molecule has 2 aromatic rings. The molecule has 0 amide bonds. The van der Waals surface area contributed by atoms with E-state index >= 15 is 0 Å². The molecule has 0 saturated heterocycles. The molecule has 5 nitrogen and oxygen atoms in total. The van der Waals surface area contributed by atoms with Gasteiger partial charge in [0.25, 0.3) is 11.3 Å². The number of aryl methyl sites for hydroxylation is 1. The summed E-state index contributed by atoms with van der Waals surface area (Å²) in [5.41, 5.74) is 1.42. The fourth-order valence-corrected chi connectivity index (χ4v) is 3.65. The molecule has 0 radical (unpaired) electrons. The monoisotopic (exact) mass is 325 g/mol. The zero-order valence-electron chi connectivity index (χ0n) is 11.6. The maximum Gasteiger partial charge on any atom is 0.266 e. The average Bonchev–Trinajstić information content (AvgIpc) is 2.40. The van der Waals surface area contributed by atoms with Gasteiger partial charge in [0.2, 0.25) is 0 Å². The van der Waals surface area contributed by atoms with Crippen molar-refractivity contribution in [3.63, 3.8) is 0 Å². The number of anilines is 2. The van der Waals surface area contributed by atoms with Crippen molar-refractivity contribution in [1.29, 1.82) is 0 Å². The van der Waals surface area contributed by atoms with E-state index in [-0.39, 0.29) is 10.6 Å². The molecule has 1 N–H and O–H groups in total. The lowest BCUT2D eigenvalue weighted by atomic mass is 10.2. The summed E-state index contributed by atoms with van der Waals surface area (Å²) in [6.07, 6.45) is 1.07. The molecular weight excluding hydrogens is 310 g/mol. The van der Waals surface area contributed by atoms with Gasteiger partial charge in [-0.2, -0.15) is 0 Å². The maximum atomic E-state index is 11.9. The molecular formula is C14H15NO4S2. The first-order chi connectivity index (χ1) is 9.82. The Morgan fingerprint density at radius 1 is 1.00 bits per heavy atom. The van der Waals surface area contributed by atoms with E-state index in [1.807, 2.05) is 0 Å². The summed E-state index contributed by atoms with van der Waals surface area (Å²) in [5.74, 6) is 0. The van der Waals surface area contributed by atoms with Crippen molar-refractivity contribution in [3.8, 4) is 0 Å². The summed E-state index contributed by atoms with van der Waals surface area (Å²) in [4.78, 5) is 0.00986. The molecule has 0 aliphatic carbocycles. The van der Waals surface area contributed by atoms with Crippen LogP contribution in [0, 0.1) is 6.92 Å². The Kier molecular flexibility index (Phi) is 4.46. The SMILES string of the molecule is Cc1ccccc1N(c1ccccc1S(C)(=O)=O)S(=O)O. The fourth-order valence-electron chi connectivity index (χ4n) is 2.03. The standard InChI is InChI=1S/C14H15NO4S2/c1-11-7-3-4-8-12(11)15(20(16)17)13-9-5-6-10-14(13)21(2,18)19/h3-10H,1-2H3,(H,16,17). The predicted molar refractivity (Wildman–Crippen MR) is 83.6 cm³/mol. The van der Waals surface area contributed by atoms with Gasteiger partial charge in [0.15, 0.2) is 9.84 Å². The first-order valence-corrected chi connectivity index (χ1v) is 9.03. The molecule has 2 rings (SSSR count). The van der Waals surface area contributed by atoms with Gasteiger partial charge in [0.1, 0.15) is 0 Å². The maximum absolute atomic E-state index is 11.9. The molecule has 21 heavy (non-hydrogen) atoms. The Morgan fingerprint density at radius 3 is 2.05 bits per heavy atom. The van der Waals surface area contributed by atoms with Crippen LogP contribution < -0.4 is 4.31 Å². The van der Waals surface area contributed by atoms with E-state index in [1.54, 1.807) is 43.3 Å². The zero-order chi connectivity index (χ0) is 15.6. The first-order valence-electron chi connectivity index (χ1n) is 6.08. The van der Waals surface area contributed by atoms with Crippen molar-refractivity contribution in [3.05, 3.63) is 54.1 Å². The second-order valence-corrected chi connectivity index (χ2v) is 7.36. The summed E-state index contributed by atoms with van der Waals surface area (Å²) < 4.78 is 46.3. The Morgan fingerprint density at radius 2 is 1.52 bits per heavy atom. The van der Waals surface area contributed by atoms with Crippen molar-refractivity contribution in [2.45, 2.75) is 11.8 Å². The minimum absolute atomic E-state index is 0.00986. The molecule has 1 atom stereocenters. The van der Waals surface area contributed by atoms with E-state index in [9.17, 15) is 17.2 Å². The lowest BCUT2D eigenvalue weighted by molar-refractivity contribution is 0.564. The number of nitrogens with zero attached hydrogens (tertiary/aromatic N) is 1. The van der Waals surface area contributed by atoms with Gasteiger partial charge < -0.3 is 0 Å². The van der Waals surface area contributed by atoms with Gasteiger partial charge in [0, 0.05) is 6.26 Å². The van der Waals surface area contributed by atoms with Crippen LogP contribution in [-0.4, -0.2) is 23.4 Å². The zero-order valence-corrected chi connectivity index (χ0v) is 13.2. The number of hydrogen-bond donors (Lipinski definition) is 1. The van der Waals surface area contributed by atoms with Crippen molar-refractivity contribution < 1.29 is 17.2 Å². The van der Waals surface area contributed by atoms with E-state index in [0.717, 1.165) is 16.1 Å². The van der Waals surface area contributed by atoms with E-state index in [4.69, 9.17) is 0 Å². The van der Waals surface area contributed by atoms with Crippen LogP contribution in [0.2, 0.25) is 0 Å².